The lowest BCUT2D eigenvalue weighted by Crippen LogP contribution is -1.98. The number of nitrogen functional groups attached to an aromatic ring is 1. The van der Waals surface area contributed by atoms with Crippen LogP contribution in [0.15, 0.2) is 29.3 Å². The van der Waals surface area contributed by atoms with Crippen LogP contribution in [0, 0.1) is 5.82 Å². The zero-order valence-electron chi connectivity index (χ0n) is 9.90. The van der Waals surface area contributed by atoms with Crippen molar-refractivity contribution < 1.29 is 4.39 Å². The predicted octanol–water partition coefficient (Wildman–Crippen LogP) is 3.85. The molecule has 0 aliphatic rings. The number of nitrogens with two attached hydrogens (primary N) is 1. The standard InChI is InChI=1S/C13H15FN2S/c1-3-8(2)17-13-10(14)7-11(15)9-5-4-6-16-12(9)13/h4-8H,3,15H2,1-2H3. The third-order valence-corrected chi connectivity index (χ3v) is 4.09. The molecule has 90 valence electrons. The summed E-state index contributed by atoms with van der Waals surface area (Å²) in [5.74, 6) is -0.279. The molecular formula is C13H15FN2S. The minimum absolute atomic E-state index is 0.279. The van der Waals surface area contributed by atoms with Gasteiger partial charge in [0.25, 0.3) is 0 Å². The molecule has 0 saturated carbocycles. The van der Waals surface area contributed by atoms with Crippen LogP contribution in [0.2, 0.25) is 0 Å². The third-order valence-electron chi connectivity index (χ3n) is 2.73. The summed E-state index contributed by atoms with van der Waals surface area (Å²) in [6.45, 7) is 4.16. The van der Waals surface area contributed by atoms with Gasteiger partial charge in [-0.15, -0.1) is 11.8 Å². The number of benzene rings is 1. The fraction of sp³-hybridized carbons (Fsp3) is 0.308. The Morgan fingerprint density at radius 2 is 2.29 bits per heavy atom. The van der Waals surface area contributed by atoms with E-state index in [2.05, 4.69) is 18.8 Å². The monoisotopic (exact) mass is 250 g/mol. The number of hydrogen-bond donors (Lipinski definition) is 1. The first-order chi connectivity index (χ1) is 8.13. The summed E-state index contributed by atoms with van der Waals surface area (Å²) in [6.07, 6.45) is 2.66. The van der Waals surface area contributed by atoms with E-state index in [-0.39, 0.29) is 5.82 Å². The number of nitrogens with zero attached hydrogens (tertiary/aromatic N) is 1. The Morgan fingerprint density at radius 3 is 3.00 bits per heavy atom. The van der Waals surface area contributed by atoms with Gasteiger partial charge in [-0.3, -0.25) is 4.98 Å². The quantitative estimate of drug-likeness (QED) is 0.664. The van der Waals surface area contributed by atoms with E-state index in [4.69, 9.17) is 5.73 Å². The Bertz CT molecular complexity index is 542. The zero-order valence-corrected chi connectivity index (χ0v) is 10.7. The lowest BCUT2D eigenvalue weighted by Gasteiger charge is -2.12. The minimum Gasteiger partial charge on any atom is -0.398 e. The van der Waals surface area contributed by atoms with Crippen molar-refractivity contribution in [1.82, 2.24) is 4.98 Å². The number of anilines is 1. The van der Waals surface area contributed by atoms with Crippen LogP contribution in [0.3, 0.4) is 0 Å². The van der Waals surface area contributed by atoms with Gasteiger partial charge in [0.1, 0.15) is 5.82 Å². The molecule has 4 heteroatoms. The van der Waals surface area contributed by atoms with Gasteiger partial charge in [-0.25, -0.2) is 4.39 Å². The Balaban J connectivity index is 2.61. The lowest BCUT2D eigenvalue weighted by molar-refractivity contribution is 0.605. The number of pyridine rings is 1. The zero-order chi connectivity index (χ0) is 12.4. The molecule has 0 spiro atoms. The number of aromatic nitrogens is 1. The number of thioether (sulfide) groups is 1. The van der Waals surface area contributed by atoms with E-state index in [0.717, 1.165) is 11.8 Å². The summed E-state index contributed by atoms with van der Waals surface area (Å²) in [5, 5.41) is 1.18. The molecule has 1 unspecified atom stereocenters. The van der Waals surface area contributed by atoms with Crippen LogP contribution in [-0.4, -0.2) is 10.2 Å². The molecule has 0 aliphatic heterocycles. The van der Waals surface area contributed by atoms with Gasteiger partial charge in [-0.2, -0.15) is 0 Å². The van der Waals surface area contributed by atoms with Crippen LogP contribution in [0.4, 0.5) is 10.1 Å². The fourth-order valence-electron chi connectivity index (χ4n) is 1.61. The van der Waals surface area contributed by atoms with E-state index >= 15 is 0 Å². The van der Waals surface area contributed by atoms with E-state index in [1.54, 1.807) is 6.20 Å². The van der Waals surface area contributed by atoms with Gasteiger partial charge in [0.15, 0.2) is 0 Å². The Labute approximate surface area is 104 Å². The molecule has 0 aliphatic carbocycles. The number of fused-ring (bicyclic) bond motifs is 1. The second-order valence-electron chi connectivity index (χ2n) is 4.01. The van der Waals surface area contributed by atoms with Crippen molar-refractivity contribution in [3.8, 4) is 0 Å². The maximum absolute atomic E-state index is 13.9. The van der Waals surface area contributed by atoms with Gasteiger partial charge in [0.2, 0.25) is 0 Å². The molecule has 0 fully saturated rings. The topological polar surface area (TPSA) is 38.9 Å². The maximum atomic E-state index is 13.9. The summed E-state index contributed by atoms with van der Waals surface area (Å²) >= 11 is 1.52. The summed E-state index contributed by atoms with van der Waals surface area (Å²) in [4.78, 5) is 4.85. The van der Waals surface area contributed by atoms with Gasteiger partial charge in [-0.1, -0.05) is 13.8 Å². The van der Waals surface area contributed by atoms with Crippen LogP contribution in [0.1, 0.15) is 20.3 Å². The molecule has 1 aromatic carbocycles. The largest absolute Gasteiger partial charge is 0.398 e. The Hall–Kier alpha value is -1.29. The first kappa shape index (κ1) is 12.2. The van der Waals surface area contributed by atoms with Crippen molar-refractivity contribution in [3.63, 3.8) is 0 Å². The van der Waals surface area contributed by atoms with E-state index in [9.17, 15) is 4.39 Å². The molecule has 1 atom stereocenters. The van der Waals surface area contributed by atoms with Crippen LogP contribution < -0.4 is 5.73 Å². The van der Waals surface area contributed by atoms with E-state index in [1.165, 1.54) is 17.8 Å². The second-order valence-corrected chi connectivity index (χ2v) is 5.46. The highest BCUT2D eigenvalue weighted by atomic mass is 32.2. The highest BCUT2D eigenvalue weighted by Gasteiger charge is 2.14. The van der Waals surface area contributed by atoms with Crippen molar-refractivity contribution in [1.29, 1.82) is 0 Å². The Morgan fingerprint density at radius 1 is 1.53 bits per heavy atom. The molecular weight excluding hydrogens is 235 g/mol. The van der Waals surface area contributed by atoms with Gasteiger partial charge in [-0.05, 0) is 24.6 Å². The number of rotatable bonds is 3. The van der Waals surface area contributed by atoms with Gasteiger partial charge in [0.05, 0.1) is 10.4 Å². The molecule has 2 N–H and O–H groups in total. The molecule has 1 aromatic heterocycles. The van der Waals surface area contributed by atoms with E-state index < -0.39 is 0 Å². The van der Waals surface area contributed by atoms with Crippen molar-refractivity contribution >= 4 is 28.4 Å². The average molecular weight is 250 g/mol. The van der Waals surface area contributed by atoms with Crippen molar-refractivity contribution in [2.24, 2.45) is 0 Å². The molecule has 17 heavy (non-hydrogen) atoms. The number of hydrogen-bond acceptors (Lipinski definition) is 3. The van der Waals surface area contributed by atoms with Crippen molar-refractivity contribution in [3.05, 3.63) is 30.2 Å². The molecule has 0 bridgehead atoms. The highest BCUT2D eigenvalue weighted by molar-refractivity contribution is 8.00. The third kappa shape index (κ3) is 2.36. The van der Waals surface area contributed by atoms with Crippen molar-refractivity contribution in [2.45, 2.75) is 30.4 Å². The van der Waals surface area contributed by atoms with E-state index in [1.807, 2.05) is 12.1 Å². The normalized spacial score (nSPS) is 12.9. The lowest BCUT2D eigenvalue weighted by atomic mass is 10.2. The fourth-order valence-corrected chi connectivity index (χ4v) is 2.62. The molecule has 1 heterocycles. The SMILES string of the molecule is CCC(C)Sc1c(F)cc(N)c2cccnc12. The predicted molar refractivity (Wildman–Crippen MR) is 71.7 cm³/mol. The van der Waals surface area contributed by atoms with Crippen LogP contribution in [-0.2, 0) is 0 Å². The van der Waals surface area contributed by atoms with Crippen LogP contribution in [0.5, 0.6) is 0 Å². The molecule has 2 rings (SSSR count). The first-order valence-electron chi connectivity index (χ1n) is 5.62. The maximum Gasteiger partial charge on any atom is 0.141 e. The van der Waals surface area contributed by atoms with Gasteiger partial charge in [0, 0.05) is 22.5 Å². The van der Waals surface area contributed by atoms with Gasteiger partial charge >= 0.3 is 0 Å². The molecule has 0 saturated heterocycles. The molecule has 2 aromatic rings. The smallest absolute Gasteiger partial charge is 0.141 e. The van der Waals surface area contributed by atoms with Crippen LogP contribution in [0.25, 0.3) is 10.9 Å². The second kappa shape index (κ2) is 4.92. The summed E-state index contributed by atoms with van der Waals surface area (Å²) in [5.41, 5.74) is 6.91. The summed E-state index contributed by atoms with van der Waals surface area (Å²) in [7, 11) is 0. The average Bonchev–Trinajstić information content (AvgIpc) is 2.34. The Kier molecular flexibility index (Phi) is 3.52. The number of halogens is 1. The molecule has 2 nitrogen and oxygen atoms in total. The highest BCUT2D eigenvalue weighted by Crippen LogP contribution is 2.35. The van der Waals surface area contributed by atoms with Crippen LogP contribution >= 0.6 is 11.8 Å². The molecule has 0 amide bonds. The van der Waals surface area contributed by atoms with Crippen molar-refractivity contribution in [2.75, 3.05) is 5.73 Å². The van der Waals surface area contributed by atoms with E-state index in [0.29, 0.717) is 21.3 Å². The van der Waals surface area contributed by atoms with Gasteiger partial charge < -0.3 is 5.73 Å². The summed E-state index contributed by atoms with van der Waals surface area (Å²) in [6, 6.07) is 5.07. The minimum atomic E-state index is -0.279. The molecule has 0 radical (unpaired) electrons. The first-order valence-corrected chi connectivity index (χ1v) is 6.50. The summed E-state index contributed by atoms with van der Waals surface area (Å²) < 4.78 is 13.9.